The maximum absolute atomic E-state index is 12.9. The number of nitro groups is 2. The summed E-state index contributed by atoms with van der Waals surface area (Å²) < 4.78 is 0. The average molecular weight is 402 g/mol. The third-order valence-corrected chi connectivity index (χ3v) is 5.10. The number of hydrogen-bond acceptors (Lipinski definition) is 6. The molecule has 0 aliphatic rings. The molecule has 0 amide bonds. The third kappa shape index (κ3) is 2.44. The molecule has 0 saturated heterocycles. The molecule has 0 aliphatic carbocycles. The summed E-state index contributed by atoms with van der Waals surface area (Å²) in [5.74, 6) is 0. The molecular weight excluding hydrogens is 392 g/mol. The number of aromatic amines is 2. The number of nitrogens with one attached hydrogen (secondary N) is 2. The summed E-state index contributed by atoms with van der Waals surface area (Å²) >= 11 is 0. The van der Waals surface area contributed by atoms with Crippen LogP contribution in [0.4, 0.5) is 11.4 Å². The zero-order valence-corrected chi connectivity index (χ0v) is 15.0. The summed E-state index contributed by atoms with van der Waals surface area (Å²) in [7, 11) is 0. The number of hydrogen-bond donors (Lipinski definition) is 2. The molecule has 3 aromatic carbocycles. The lowest BCUT2D eigenvalue weighted by atomic mass is 10.0. The second-order valence-corrected chi connectivity index (χ2v) is 6.83. The van der Waals surface area contributed by atoms with Gasteiger partial charge in [0.2, 0.25) is 0 Å². The summed E-state index contributed by atoms with van der Waals surface area (Å²) in [4.78, 5) is 52.8. The van der Waals surface area contributed by atoms with Gasteiger partial charge in [-0.1, -0.05) is 0 Å². The maximum Gasteiger partial charge on any atom is 0.271 e. The van der Waals surface area contributed by atoms with Gasteiger partial charge in [0, 0.05) is 45.8 Å². The minimum atomic E-state index is -0.557. The van der Waals surface area contributed by atoms with Gasteiger partial charge in [-0.2, -0.15) is 0 Å². The van der Waals surface area contributed by atoms with Crippen LogP contribution in [-0.4, -0.2) is 19.8 Å². The first kappa shape index (κ1) is 17.5. The Balaban J connectivity index is 1.89. The van der Waals surface area contributed by atoms with Gasteiger partial charge >= 0.3 is 0 Å². The summed E-state index contributed by atoms with van der Waals surface area (Å²) in [5.41, 5.74) is 0.251. The first-order chi connectivity index (χ1) is 14.3. The van der Waals surface area contributed by atoms with Crippen LogP contribution in [0.5, 0.6) is 0 Å². The van der Waals surface area contributed by atoms with Crippen LogP contribution >= 0.6 is 0 Å². The molecule has 0 saturated carbocycles. The molecule has 0 atom stereocenters. The zero-order valence-electron chi connectivity index (χ0n) is 15.0. The average Bonchev–Trinajstić information content (AvgIpc) is 2.72. The predicted molar refractivity (Wildman–Crippen MR) is 111 cm³/mol. The van der Waals surface area contributed by atoms with Crippen LogP contribution < -0.4 is 10.9 Å². The second-order valence-electron chi connectivity index (χ2n) is 6.83. The Morgan fingerprint density at radius 3 is 1.30 bits per heavy atom. The van der Waals surface area contributed by atoms with E-state index in [-0.39, 0.29) is 54.8 Å². The summed E-state index contributed by atoms with van der Waals surface area (Å²) in [6, 6.07) is 10.8. The van der Waals surface area contributed by atoms with E-state index < -0.39 is 9.85 Å². The van der Waals surface area contributed by atoms with Crippen LogP contribution in [0.25, 0.3) is 43.6 Å². The summed E-state index contributed by atoms with van der Waals surface area (Å²) in [6.45, 7) is 0. The van der Waals surface area contributed by atoms with Crippen molar-refractivity contribution in [3.8, 4) is 0 Å². The van der Waals surface area contributed by atoms with Crippen molar-refractivity contribution in [1.82, 2.24) is 9.97 Å². The van der Waals surface area contributed by atoms with Crippen molar-refractivity contribution in [3.05, 3.63) is 89.2 Å². The highest BCUT2D eigenvalue weighted by Gasteiger charge is 2.15. The fourth-order valence-corrected chi connectivity index (χ4v) is 3.66. The monoisotopic (exact) mass is 402 g/mol. The molecule has 2 aromatic heterocycles. The molecule has 30 heavy (non-hydrogen) atoms. The largest absolute Gasteiger partial charge is 0.354 e. The first-order valence-electron chi connectivity index (χ1n) is 8.72. The molecule has 0 aliphatic heterocycles. The van der Waals surface area contributed by atoms with Gasteiger partial charge in [0.25, 0.3) is 11.4 Å². The molecule has 0 unspecified atom stereocenters. The Morgan fingerprint density at radius 1 is 0.567 bits per heavy atom. The van der Waals surface area contributed by atoms with E-state index in [1.54, 1.807) is 0 Å². The molecule has 0 fully saturated rings. The smallest absolute Gasteiger partial charge is 0.271 e. The van der Waals surface area contributed by atoms with E-state index in [2.05, 4.69) is 9.97 Å². The van der Waals surface area contributed by atoms with Gasteiger partial charge in [-0.15, -0.1) is 0 Å². The Hall–Kier alpha value is -4.60. The normalized spacial score (nSPS) is 11.5. The van der Waals surface area contributed by atoms with Crippen LogP contribution in [0.2, 0.25) is 0 Å². The molecule has 2 N–H and O–H groups in total. The molecule has 0 bridgehead atoms. The number of pyridine rings is 2. The molecular formula is C20H10N4O6. The van der Waals surface area contributed by atoms with Gasteiger partial charge in [-0.3, -0.25) is 29.8 Å². The first-order valence-corrected chi connectivity index (χ1v) is 8.72. The van der Waals surface area contributed by atoms with Crippen molar-refractivity contribution in [1.29, 1.82) is 0 Å². The van der Waals surface area contributed by atoms with Gasteiger partial charge in [0.15, 0.2) is 10.9 Å². The van der Waals surface area contributed by atoms with Crippen molar-refractivity contribution in [2.24, 2.45) is 0 Å². The highest BCUT2D eigenvalue weighted by atomic mass is 16.6. The van der Waals surface area contributed by atoms with E-state index in [4.69, 9.17) is 0 Å². The molecule has 10 heteroatoms. The number of H-pyrrole nitrogens is 2. The van der Waals surface area contributed by atoms with Crippen LogP contribution in [0.3, 0.4) is 0 Å². The number of fused-ring (bicyclic) bond motifs is 4. The van der Waals surface area contributed by atoms with Crippen molar-refractivity contribution in [2.75, 3.05) is 0 Å². The second kappa shape index (κ2) is 5.95. The lowest BCUT2D eigenvalue weighted by Gasteiger charge is -2.07. The predicted octanol–water partition coefficient (Wildman–Crippen LogP) is 3.49. The molecule has 10 nitrogen and oxygen atoms in total. The van der Waals surface area contributed by atoms with E-state index in [1.807, 2.05) is 0 Å². The van der Waals surface area contributed by atoms with Crippen molar-refractivity contribution in [3.63, 3.8) is 0 Å². The SMILES string of the molecule is O=c1c2ccc([N+](=O)[O-])cc2[nH]c2cc3c(=O)c4ccc([N+](=O)[O-])cc4[nH]c3cc12. The molecule has 5 aromatic rings. The van der Waals surface area contributed by atoms with Gasteiger partial charge < -0.3 is 9.97 Å². The zero-order chi connectivity index (χ0) is 21.2. The van der Waals surface area contributed by atoms with Gasteiger partial charge in [-0.25, -0.2) is 0 Å². The molecule has 0 spiro atoms. The maximum atomic E-state index is 12.9. The fourth-order valence-electron chi connectivity index (χ4n) is 3.66. The number of benzene rings is 3. The quantitative estimate of drug-likeness (QED) is 0.262. The molecule has 2 heterocycles. The van der Waals surface area contributed by atoms with Crippen molar-refractivity contribution >= 4 is 55.0 Å². The Kier molecular flexibility index (Phi) is 3.47. The van der Waals surface area contributed by atoms with Crippen LogP contribution in [0, 0.1) is 20.2 Å². The lowest BCUT2D eigenvalue weighted by molar-refractivity contribution is -0.384. The van der Waals surface area contributed by atoms with Crippen molar-refractivity contribution < 1.29 is 9.85 Å². The Labute approximate surface area is 164 Å². The minimum absolute atomic E-state index is 0.163. The summed E-state index contributed by atoms with van der Waals surface area (Å²) in [5, 5.41) is 23.2. The molecule has 146 valence electrons. The van der Waals surface area contributed by atoms with Gasteiger partial charge in [0.1, 0.15) is 0 Å². The Bertz CT molecular complexity index is 1570. The van der Waals surface area contributed by atoms with Crippen molar-refractivity contribution in [2.45, 2.75) is 0 Å². The highest BCUT2D eigenvalue weighted by Crippen LogP contribution is 2.24. The van der Waals surface area contributed by atoms with Crippen LogP contribution in [0.1, 0.15) is 0 Å². The van der Waals surface area contributed by atoms with Crippen LogP contribution in [-0.2, 0) is 0 Å². The standard InChI is InChI=1S/C20H10N4O6/c25-19-11-3-1-9(23(27)28)5-15(11)21-17-8-14-18(7-13(17)19)22-16-6-10(24(29)30)2-4-12(16)20(14)26/h1-8H,(H,21,25)(H,22,26). The number of aromatic nitrogens is 2. The van der Waals surface area contributed by atoms with Crippen LogP contribution in [0.15, 0.2) is 58.1 Å². The highest BCUT2D eigenvalue weighted by molar-refractivity contribution is 6.03. The number of nitrogens with zero attached hydrogens (tertiary/aromatic N) is 2. The molecule has 5 rings (SSSR count). The number of non-ortho nitro benzene ring substituents is 2. The lowest BCUT2D eigenvalue weighted by Crippen LogP contribution is -2.08. The summed E-state index contributed by atoms with van der Waals surface area (Å²) in [6.07, 6.45) is 0. The van der Waals surface area contributed by atoms with Gasteiger partial charge in [0.05, 0.1) is 31.9 Å². The fraction of sp³-hybridized carbons (Fsp3) is 0. The number of nitro benzene ring substituents is 2. The minimum Gasteiger partial charge on any atom is -0.354 e. The van der Waals surface area contributed by atoms with E-state index in [0.29, 0.717) is 11.0 Å². The van der Waals surface area contributed by atoms with E-state index in [1.165, 1.54) is 48.5 Å². The van der Waals surface area contributed by atoms with Gasteiger partial charge in [-0.05, 0) is 24.3 Å². The third-order valence-electron chi connectivity index (χ3n) is 5.10. The Morgan fingerprint density at radius 2 is 0.933 bits per heavy atom. The van der Waals surface area contributed by atoms with E-state index in [0.717, 1.165) is 0 Å². The molecule has 0 radical (unpaired) electrons. The van der Waals surface area contributed by atoms with E-state index in [9.17, 15) is 29.8 Å². The topological polar surface area (TPSA) is 152 Å². The number of rotatable bonds is 2. The van der Waals surface area contributed by atoms with E-state index >= 15 is 0 Å².